The van der Waals surface area contributed by atoms with Crippen molar-refractivity contribution in [2.75, 3.05) is 13.1 Å². The van der Waals surface area contributed by atoms with Gasteiger partial charge < -0.3 is 9.32 Å². The highest BCUT2D eigenvalue weighted by Crippen LogP contribution is 2.28. The van der Waals surface area contributed by atoms with E-state index in [1.165, 1.54) is 18.4 Å². The SMILES string of the molecule is CCCC.Cc1nc(C(=O)N2CCC(c3ccccc3)CC2)c(C)o1. The largest absolute Gasteiger partial charge is 0.445 e. The average Bonchev–Trinajstić information content (AvgIpc) is 3.00. The molecule has 0 aliphatic carbocycles. The molecule has 0 radical (unpaired) electrons. The van der Waals surface area contributed by atoms with E-state index >= 15 is 0 Å². The predicted octanol–water partition coefficient (Wildman–Crippen LogP) is 5.12. The number of aromatic nitrogens is 1. The zero-order valence-corrected chi connectivity index (χ0v) is 15.9. The lowest BCUT2D eigenvalue weighted by molar-refractivity contribution is 0.0706. The van der Waals surface area contributed by atoms with Gasteiger partial charge >= 0.3 is 0 Å². The molecule has 0 bridgehead atoms. The normalized spacial score (nSPS) is 14.8. The Labute approximate surface area is 151 Å². The number of unbranched alkanes of at least 4 members (excludes halogenated alkanes) is 1. The predicted molar refractivity (Wildman–Crippen MR) is 101 cm³/mol. The molecule has 4 nitrogen and oxygen atoms in total. The average molecular weight is 342 g/mol. The minimum atomic E-state index is -0.00383. The Morgan fingerprint density at radius 1 is 1.12 bits per heavy atom. The summed E-state index contributed by atoms with van der Waals surface area (Å²) in [5.41, 5.74) is 1.84. The van der Waals surface area contributed by atoms with Crippen LogP contribution < -0.4 is 0 Å². The van der Waals surface area contributed by atoms with Crippen LogP contribution in [0.2, 0.25) is 0 Å². The summed E-state index contributed by atoms with van der Waals surface area (Å²) < 4.78 is 5.36. The highest BCUT2D eigenvalue weighted by molar-refractivity contribution is 5.93. The molecule has 2 aromatic rings. The fourth-order valence-electron chi connectivity index (χ4n) is 3.02. The van der Waals surface area contributed by atoms with E-state index in [1.807, 2.05) is 11.0 Å². The van der Waals surface area contributed by atoms with Crippen LogP contribution in [0.15, 0.2) is 34.7 Å². The van der Waals surface area contributed by atoms with Gasteiger partial charge in [0.1, 0.15) is 5.76 Å². The summed E-state index contributed by atoms with van der Waals surface area (Å²) in [7, 11) is 0. The van der Waals surface area contributed by atoms with Crippen molar-refractivity contribution in [3.8, 4) is 0 Å². The van der Waals surface area contributed by atoms with Crippen molar-refractivity contribution in [2.45, 2.75) is 59.3 Å². The first-order valence-electron chi connectivity index (χ1n) is 9.35. The first kappa shape index (κ1) is 19.2. The Morgan fingerprint density at radius 2 is 1.72 bits per heavy atom. The third kappa shape index (κ3) is 5.18. The van der Waals surface area contributed by atoms with E-state index in [4.69, 9.17) is 4.42 Å². The molecule has 4 heteroatoms. The van der Waals surface area contributed by atoms with Gasteiger partial charge in [-0.2, -0.15) is 0 Å². The molecule has 1 saturated heterocycles. The number of benzene rings is 1. The summed E-state index contributed by atoms with van der Waals surface area (Å²) in [6, 6.07) is 10.5. The Kier molecular flexibility index (Phi) is 7.23. The number of carbonyl (C=O) groups is 1. The number of hydrogen-bond acceptors (Lipinski definition) is 3. The molecule has 0 unspecified atom stereocenters. The van der Waals surface area contributed by atoms with E-state index in [2.05, 4.69) is 43.1 Å². The van der Waals surface area contributed by atoms with Gasteiger partial charge in [0.25, 0.3) is 5.91 Å². The Morgan fingerprint density at radius 3 is 2.20 bits per heavy atom. The summed E-state index contributed by atoms with van der Waals surface area (Å²) in [4.78, 5) is 18.6. The lowest BCUT2D eigenvalue weighted by Gasteiger charge is -2.31. The molecule has 0 atom stereocenters. The number of rotatable bonds is 3. The van der Waals surface area contributed by atoms with Crippen molar-refractivity contribution in [3.05, 3.63) is 53.2 Å². The Hall–Kier alpha value is -2.10. The van der Waals surface area contributed by atoms with Crippen LogP contribution in [0.25, 0.3) is 0 Å². The molecule has 1 aromatic heterocycles. The van der Waals surface area contributed by atoms with E-state index in [0.29, 0.717) is 23.3 Å². The minimum Gasteiger partial charge on any atom is -0.445 e. The fraction of sp³-hybridized carbons (Fsp3) is 0.524. The molecule has 0 spiro atoms. The van der Waals surface area contributed by atoms with E-state index in [0.717, 1.165) is 25.9 Å². The molecule has 1 aromatic carbocycles. The maximum absolute atomic E-state index is 12.5. The molecule has 0 N–H and O–H groups in total. The van der Waals surface area contributed by atoms with Crippen LogP contribution >= 0.6 is 0 Å². The number of nitrogens with zero attached hydrogens (tertiary/aromatic N) is 2. The van der Waals surface area contributed by atoms with Gasteiger partial charge in [0.2, 0.25) is 0 Å². The second kappa shape index (κ2) is 9.40. The van der Waals surface area contributed by atoms with Crippen LogP contribution in [0.4, 0.5) is 0 Å². The second-order valence-electron chi connectivity index (χ2n) is 6.61. The van der Waals surface area contributed by atoms with Gasteiger partial charge in [-0.3, -0.25) is 4.79 Å². The standard InChI is InChI=1S/C17H20N2O2.C4H10/c1-12-16(18-13(2)21-12)17(20)19-10-8-15(9-11-19)14-6-4-3-5-7-14;1-3-4-2/h3-7,15H,8-11H2,1-2H3;3-4H2,1-2H3. The summed E-state index contributed by atoms with van der Waals surface area (Å²) >= 11 is 0. The molecule has 3 rings (SSSR count). The third-order valence-corrected chi connectivity index (χ3v) is 4.66. The van der Waals surface area contributed by atoms with E-state index in [9.17, 15) is 4.79 Å². The molecule has 136 valence electrons. The zero-order chi connectivity index (χ0) is 18.2. The van der Waals surface area contributed by atoms with Gasteiger partial charge in [-0.15, -0.1) is 0 Å². The number of oxazole rings is 1. The molecule has 25 heavy (non-hydrogen) atoms. The Bertz CT molecular complexity index is 654. The molecule has 0 saturated carbocycles. The molecular weight excluding hydrogens is 312 g/mol. The maximum Gasteiger partial charge on any atom is 0.276 e. The number of carbonyl (C=O) groups excluding carboxylic acids is 1. The maximum atomic E-state index is 12.5. The van der Waals surface area contributed by atoms with Crippen molar-refractivity contribution < 1.29 is 9.21 Å². The van der Waals surface area contributed by atoms with Crippen LogP contribution in [-0.4, -0.2) is 28.9 Å². The number of piperidine rings is 1. The molecular formula is C21H30N2O2. The minimum absolute atomic E-state index is 0.00383. The molecule has 1 amide bonds. The van der Waals surface area contributed by atoms with E-state index in [-0.39, 0.29) is 5.91 Å². The second-order valence-corrected chi connectivity index (χ2v) is 6.61. The van der Waals surface area contributed by atoms with Crippen LogP contribution in [0.3, 0.4) is 0 Å². The van der Waals surface area contributed by atoms with Gasteiger partial charge in [-0.1, -0.05) is 57.0 Å². The Balaban J connectivity index is 0.000000511. The van der Waals surface area contributed by atoms with Gasteiger partial charge in [0.15, 0.2) is 11.6 Å². The summed E-state index contributed by atoms with van der Waals surface area (Å²) in [6.45, 7) is 9.49. The third-order valence-electron chi connectivity index (χ3n) is 4.66. The lowest BCUT2D eigenvalue weighted by atomic mass is 9.89. The first-order valence-corrected chi connectivity index (χ1v) is 9.35. The number of aryl methyl sites for hydroxylation is 2. The zero-order valence-electron chi connectivity index (χ0n) is 15.9. The highest BCUT2D eigenvalue weighted by atomic mass is 16.4. The van der Waals surface area contributed by atoms with Crippen LogP contribution in [0.1, 0.15) is 73.2 Å². The lowest BCUT2D eigenvalue weighted by Crippen LogP contribution is -2.38. The molecule has 1 aliphatic heterocycles. The van der Waals surface area contributed by atoms with Crippen LogP contribution in [-0.2, 0) is 0 Å². The monoisotopic (exact) mass is 342 g/mol. The highest BCUT2D eigenvalue weighted by Gasteiger charge is 2.27. The quantitative estimate of drug-likeness (QED) is 0.778. The van der Waals surface area contributed by atoms with Gasteiger partial charge in [0, 0.05) is 20.0 Å². The van der Waals surface area contributed by atoms with Gasteiger partial charge in [0.05, 0.1) is 0 Å². The topological polar surface area (TPSA) is 46.3 Å². The molecule has 2 heterocycles. The first-order chi connectivity index (χ1) is 12.1. The number of hydrogen-bond donors (Lipinski definition) is 0. The van der Waals surface area contributed by atoms with Gasteiger partial charge in [-0.25, -0.2) is 4.98 Å². The summed E-state index contributed by atoms with van der Waals surface area (Å²) in [5.74, 6) is 1.71. The van der Waals surface area contributed by atoms with Crippen molar-refractivity contribution in [2.24, 2.45) is 0 Å². The van der Waals surface area contributed by atoms with Crippen molar-refractivity contribution in [3.63, 3.8) is 0 Å². The number of likely N-dealkylation sites (tertiary alicyclic amines) is 1. The van der Waals surface area contributed by atoms with Crippen molar-refractivity contribution in [1.29, 1.82) is 0 Å². The molecule has 1 aliphatic rings. The summed E-state index contributed by atoms with van der Waals surface area (Å²) in [5, 5.41) is 0. The fourth-order valence-corrected chi connectivity index (χ4v) is 3.02. The van der Waals surface area contributed by atoms with Crippen molar-refractivity contribution in [1.82, 2.24) is 9.88 Å². The van der Waals surface area contributed by atoms with Gasteiger partial charge in [-0.05, 0) is 31.2 Å². The molecule has 1 fully saturated rings. The van der Waals surface area contributed by atoms with Crippen molar-refractivity contribution >= 4 is 5.91 Å². The van der Waals surface area contributed by atoms with Crippen LogP contribution in [0.5, 0.6) is 0 Å². The van der Waals surface area contributed by atoms with Crippen LogP contribution in [0, 0.1) is 13.8 Å². The van der Waals surface area contributed by atoms with E-state index in [1.54, 1.807) is 13.8 Å². The summed E-state index contributed by atoms with van der Waals surface area (Å²) in [6.07, 6.45) is 4.65. The van der Waals surface area contributed by atoms with E-state index < -0.39 is 0 Å². The number of amides is 1. The smallest absolute Gasteiger partial charge is 0.276 e.